The second kappa shape index (κ2) is 7.97. The van der Waals surface area contributed by atoms with E-state index in [1.54, 1.807) is 0 Å². The molecule has 2 aromatic carbocycles. The van der Waals surface area contributed by atoms with E-state index < -0.39 is 0 Å². The number of amides is 1. The van der Waals surface area contributed by atoms with Crippen molar-refractivity contribution < 1.29 is 4.79 Å². The van der Waals surface area contributed by atoms with E-state index in [1.807, 2.05) is 12.1 Å². The van der Waals surface area contributed by atoms with Gasteiger partial charge in [0.25, 0.3) is 0 Å². The number of para-hydroxylation sites is 1. The van der Waals surface area contributed by atoms with Crippen LogP contribution in [0.5, 0.6) is 0 Å². The fourth-order valence-corrected chi connectivity index (χ4v) is 4.32. The molecule has 1 aliphatic carbocycles. The molecule has 1 unspecified atom stereocenters. The minimum Gasteiger partial charge on any atom is -0.361 e. The Morgan fingerprint density at radius 2 is 1.89 bits per heavy atom. The van der Waals surface area contributed by atoms with Crippen LogP contribution in [-0.4, -0.2) is 23.5 Å². The topological polar surface area (TPSA) is 70.9 Å². The van der Waals surface area contributed by atoms with Crippen molar-refractivity contribution in [3.8, 4) is 0 Å². The zero-order chi connectivity index (χ0) is 18.6. The Morgan fingerprint density at radius 3 is 2.67 bits per heavy atom. The van der Waals surface area contributed by atoms with E-state index in [0.29, 0.717) is 18.9 Å². The van der Waals surface area contributed by atoms with Gasteiger partial charge in [0, 0.05) is 42.0 Å². The smallest absolute Gasteiger partial charge is 0.220 e. The van der Waals surface area contributed by atoms with Gasteiger partial charge >= 0.3 is 0 Å². The molecule has 0 saturated heterocycles. The number of aromatic nitrogens is 1. The lowest BCUT2D eigenvalue weighted by molar-refractivity contribution is -0.122. The Balaban J connectivity index is 1.53. The van der Waals surface area contributed by atoms with Crippen molar-refractivity contribution in [1.29, 1.82) is 0 Å². The Morgan fingerprint density at radius 1 is 1.11 bits per heavy atom. The molecule has 0 aliphatic heterocycles. The molecule has 0 spiro atoms. The van der Waals surface area contributed by atoms with Gasteiger partial charge in [-0.3, -0.25) is 4.79 Å². The van der Waals surface area contributed by atoms with Gasteiger partial charge in [-0.2, -0.15) is 0 Å². The van der Waals surface area contributed by atoms with E-state index in [-0.39, 0.29) is 17.9 Å². The average Bonchev–Trinajstić information content (AvgIpc) is 3.30. The zero-order valence-electron chi connectivity index (χ0n) is 15.5. The molecule has 4 heteroatoms. The van der Waals surface area contributed by atoms with Crippen LogP contribution in [0.2, 0.25) is 0 Å². The van der Waals surface area contributed by atoms with E-state index >= 15 is 0 Å². The van der Waals surface area contributed by atoms with Crippen molar-refractivity contribution in [1.82, 2.24) is 10.3 Å². The number of carbonyl (C=O) groups is 1. The first-order chi connectivity index (χ1) is 13.2. The molecule has 3 aromatic rings. The molecule has 3 atom stereocenters. The molecule has 1 amide bonds. The fourth-order valence-electron chi connectivity index (χ4n) is 4.32. The largest absolute Gasteiger partial charge is 0.361 e. The van der Waals surface area contributed by atoms with E-state index in [9.17, 15) is 4.79 Å². The highest BCUT2D eigenvalue weighted by atomic mass is 16.1. The molecule has 1 fully saturated rings. The van der Waals surface area contributed by atoms with Crippen molar-refractivity contribution in [2.75, 3.05) is 6.54 Å². The van der Waals surface area contributed by atoms with Crippen LogP contribution in [-0.2, 0) is 4.79 Å². The summed E-state index contributed by atoms with van der Waals surface area (Å²) in [5.41, 5.74) is 9.68. The molecule has 4 N–H and O–H groups in total. The van der Waals surface area contributed by atoms with Gasteiger partial charge in [-0.05, 0) is 36.0 Å². The highest BCUT2D eigenvalue weighted by Gasteiger charge is 2.26. The standard InChI is InChI=1S/C23H27N3O/c24-21-11-6-9-17(21)13-23(27)26-14-19(16-7-2-1-3-8-16)20-15-25-22-12-5-4-10-18(20)22/h1-5,7-8,10,12,15,17,19,21,25H,6,9,11,13-14,24H2,(H,26,27)/t17-,19?,21+/m0/s1. The Hall–Kier alpha value is -2.59. The Bertz CT molecular complexity index is 902. The van der Waals surface area contributed by atoms with E-state index in [2.05, 4.69) is 59.0 Å². The predicted molar refractivity (Wildman–Crippen MR) is 110 cm³/mol. The van der Waals surface area contributed by atoms with Crippen LogP contribution in [0.1, 0.15) is 42.7 Å². The SMILES string of the molecule is N[C@@H]1CCC[C@H]1CC(=O)NCC(c1ccccc1)c1c[nH]c2ccccc12. The molecule has 1 aliphatic rings. The summed E-state index contributed by atoms with van der Waals surface area (Å²) in [5.74, 6) is 0.551. The monoisotopic (exact) mass is 361 g/mol. The third kappa shape index (κ3) is 3.91. The van der Waals surface area contributed by atoms with Crippen LogP contribution in [0.25, 0.3) is 10.9 Å². The first kappa shape index (κ1) is 17.8. The maximum atomic E-state index is 12.5. The number of aromatic amines is 1. The predicted octanol–water partition coefficient (Wildman–Crippen LogP) is 3.93. The number of nitrogens with two attached hydrogens (primary N) is 1. The number of fused-ring (bicyclic) bond motifs is 1. The van der Waals surface area contributed by atoms with Crippen molar-refractivity contribution >= 4 is 16.8 Å². The molecule has 4 rings (SSSR count). The summed E-state index contributed by atoms with van der Waals surface area (Å²) in [7, 11) is 0. The van der Waals surface area contributed by atoms with Crippen LogP contribution in [0.3, 0.4) is 0 Å². The third-order valence-electron chi connectivity index (χ3n) is 5.87. The quantitative estimate of drug-likeness (QED) is 0.622. The van der Waals surface area contributed by atoms with Crippen LogP contribution in [0, 0.1) is 5.92 Å². The summed E-state index contributed by atoms with van der Waals surface area (Å²) < 4.78 is 0. The summed E-state index contributed by atoms with van der Waals surface area (Å²) in [4.78, 5) is 15.9. The molecular weight excluding hydrogens is 334 g/mol. The number of nitrogens with one attached hydrogen (secondary N) is 2. The minimum absolute atomic E-state index is 0.109. The summed E-state index contributed by atoms with van der Waals surface area (Å²) in [6, 6.07) is 18.9. The maximum Gasteiger partial charge on any atom is 0.220 e. The van der Waals surface area contributed by atoms with Gasteiger partial charge < -0.3 is 16.0 Å². The Kier molecular flexibility index (Phi) is 5.26. The highest BCUT2D eigenvalue weighted by Crippen LogP contribution is 2.31. The number of carbonyl (C=O) groups excluding carboxylic acids is 1. The number of H-pyrrole nitrogens is 1. The van der Waals surface area contributed by atoms with Crippen LogP contribution in [0.15, 0.2) is 60.8 Å². The van der Waals surface area contributed by atoms with Gasteiger partial charge in [-0.25, -0.2) is 0 Å². The van der Waals surface area contributed by atoms with E-state index in [1.165, 1.54) is 16.5 Å². The Labute approximate surface area is 160 Å². The second-order valence-electron chi connectivity index (χ2n) is 7.62. The number of hydrogen-bond donors (Lipinski definition) is 3. The summed E-state index contributed by atoms with van der Waals surface area (Å²) >= 11 is 0. The summed E-state index contributed by atoms with van der Waals surface area (Å²) in [6.07, 6.45) is 5.86. The molecule has 4 nitrogen and oxygen atoms in total. The molecule has 0 bridgehead atoms. The molecular formula is C23H27N3O. The molecule has 27 heavy (non-hydrogen) atoms. The number of benzene rings is 2. The van der Waals surface area contributed by atoms with Gasteiger partial charge in [0.15, 0.2) is 0 Å². The lowest BCUT2D eigenvalue weighted by atomic mass is 9.90. The zero-order valence-corrected chi connectivity index (χ0v) is 15.5. The normalized spacial score (nSPS) is 20.6. The fraction of sp³-hybridized carbons (Fsp3) is 0.348. The molecule has 1 saturated carbocycles. The molecule has 0 radical (unpaired) electrons. The van der Waals surface area contributed by atoms with Crippen molar-refractivity contribution in [2.45, 2.75) is 37.6 Å². The third-order valence-corrected chi connectivity index (χ3v) is 5.87. The summed E-state index contributed by atoms with van der Waals surface area (Å²) in [5, 5.41) is 4.38. The summed E-state index contributed by atoms with van der Waals surface area (Å²) in [6.45, 7) is 0.590. The van der Waals surface area contributed by atoms with Crippen molar-refractivity contribution in [3.63, 3.8) is 0 Å². The van der Waals surface area contributed by atoms with Crippen LogP contribution in [0.4, 0.5) is 0 Å². The maximum absolute atomic E-state index is 12.5. The van der Waals surface area contributed by atoms with Gasteiger partial charge in [0.1, 0.15) is 0 Å². The van der Waals surface area contributed by atoms with E-state index in [4.69, 9.17) is 5.73 Å². The van der Waals surface area contributed by atoms with Gasteiger partial charge in [-0.1, -0.05) is 55.0 Å². The van der Waals surface area contributed by atoms with Gasteiger partial charge in [0.05, 0.1) is 0 Å². The highest BCUT2D eigenvalue weighted by molar-refractivity contribution is 5.84. The average molecular weight is 361 g/mol. The van der Waals surface area contributed by atoms with Gasteiger partial charge in [-0.15, -0.1) is 0 Å². The van der Waals surface area contributed by atoms with E-state index in [0.717, 1.165) is 24.8 Å². The molecule has 1 heterocycles. The van der Waals surface area contributed by atoms with Gasteiger partial charge in [0.2, 0.25) is 5.91 Å². The van der Waals surface area contributed by atoms with Crippen molar-refractivity contribution in [3.05, 3.63) is 71.9 Å². The van der Waals surface area contributed by atoms with Crippen molar-refractivity contribution in [2.24, 2.45) is 11.7 Å². The molecule has 140 valence electrons. The first-order valence-electron chi connectivity index (χ1n) is 9.85. The number of rotatable bonds is 6. The van der Waals surface area contributed by atoms with Crippen LogP contribution < -0.4 is 11.1 Å². The lowest BCUT2D eigenvalue weighted by Gasteiger charge is -2.20. The lowest BCUT2D eigenvalue weighted by Crippen LogP contribution is -2.33. The minimum atomic E-state index is 0.109. The number of hydrogen-bond acceptors (Lipinski definition) is 2. The second-order valence-corrected chi connectivity index (χ2v) is 7.62. The first-order valence-corrected chi connectivity index (χ1v) is 9.85. The van der Waals surface area contributed by atoms with Crippen LogP contribution >= 0.6 is 0 Å². The molecule has 1 aromatic heterocycles.